The molecule has 1 aliphatic heterocycles. The highest BCUT2D eigenvalue weighted by molar-refractivity contribution is 5.95. The van der Waals surface area contributed by atoms with Gasteiger partial charge in [-0.15, -0.1) is 12.4 Å². The zero-order valence-electron chi connectivity index (χ0n) is 12.9. The molecule has 0 bridgehead atoms. The molecule has 5 nitrogen and oxygen atoms in total. The van der Waals surface area contributed by atoms with E-state index in [-0.39, 0.29) is 24.2 Å². The molecule has 2 rings (SSSR count). The van der Waals surface area contributed by atoms with Gasteiger partial charge in [0.05, 0.1) is 12.6 Å². The van der Waals surface area contributed by atoms with Crippen LogP contribution in [0.1, 0.15) is 26.2 Å². The van der Waals surface area contributed by atoms with Crippen molar-refractivity contribution in [2.45, 2.75) is 32.2 Å². The number of rotatable bonds is 6. The maximum atomic E-state index is 12.2. The van der Waals surface area contributed by atoms with Crippen LogP contribution in [-0.4, -0.2) is 31.8 Å². The first-order valence-corrected chi connectivity index (χ1v) is 7.57. The van der Waals surface area contributed by atoms with Gasteiger partial charge in [-0.3, -0.25) is 4.79 Å². The fraction of sp³-hybridized carbons (Fsp3) is 0.562. The van der Waals surface area contributed by atoms with Gasteiger partial charge in [0.2, 0.25) is 5.91 Å². The minimum atomic E-state index is -0.492. The van der Waals surface area contributed by atoms with E-state index in [1.165, 1.54) is 0 Å². The van der Waals surface area contributed by atoms with Crippen LogP contribution in [0.3, 0.4) is 0 Å². The first-order valence-electron chi connectivity index (χ1n) is 7.57. The van der Waals surface area contributed by atoms with E-state index in [9.17, 15) is 4.79 Å². The fourth-order valence-electron chi connectivity index (χ4n) is 2.40. The maximum Gasteiger partial charge on any atom is 0.241 e. The molecule has 1 heterocycles. The predicted octanol–water partition coefficient (Wildman–Crippen LogP) is 2.59. The summed E-state index contributed by atoms with van der Waals surface area (Å²) in [5.41, 5.74) is 6.78. The number of nitrogens with two attached hydrogens (primary N) is 1. The van der Waals surface area contributed by atoms with Crippen LogP contribution in [-0.2, 0) is 9.53 Å². The van der Waals surface area contributed by atoms with Gasteiger partial charge in [0.15, 0.2) is 0 Å². The number of hydrogen-bond acceptors (Lipinski definition) is 4. The summed E-state index contributed by atoms with van der Waals surface area (Å²) in [6.07, 6.45) is 2.63. The predicted molar refractivity (Wildman–Crippen MR) is 89.6 cm³/mol. The van der Waals surface area contributed by atoms with E-state index in [1.54, 1.807) is 0 Å². The lowest BCUT2D eigenvalue weighted by Crippen LogP contribution is -2.43. The van der Waals surface area contributed by atoms with E-state index in [0.29, 0.717) is 19.8 Å². The zero-order chi connectivity index (χ0) is 15.1. The van der Waals surface area contributed by atoms with Crippen molar-refractivity contribution in [3.05, 3.63) is 24.3 Å². The van der Waals surface area contributed by atoms with Crippen molar-refractivity contribution in [3.63, 3.8) is 0 Å². The van der Waals surface area contributed by atoms with Crippen LogP contribution < -0.4 is 15.8 Å². The van der Waals surface area contributed by atoms with Crippen LogP contribution in [0, 0.1) is 5.92 Å². The van der Waals surface area contributed by atoms with Gasteiger partial charge >= 0.3 is 0 Å². The van der Waals surface area contributed by atoms with Crippen LogP contribution >= 0.6 is 12.4 Å². The fourth-order valence-corrected chi connectivity index (χ4v) is 2.40. The molecule has 1 unspecified atom stereocenters. The SMILES string of the molecule is CCCOc1cccc(NC(=O)C(N)C2CCOCC2)c1.Cl. The Bertz CT molecular complexity index is 464. The number of hydrogen-bond donors (Lipinski definition) is 2. The van der Waals surface area contributed by atoms with Gasteiger partial charge in [-0.1, -0.05) is 13.0 Å². The summed E-state index contributed by atoms with van der Waals surface area (Å²) >= 11 is 0. The van der Waals surface area contributed by atoms with Crippen LogP contribution in [0.4, 0.5) is 5.69 Å². The summed E-state index contributed by atoms with van der Waals surface area (Å²) in [4.78, 5) is 12.2. The Morgan fingerprint density at radius 3 is 2.86 bits per heavy atom. The zero-order valence-corrected chi connectivity index (χ0v) is 13.7. The van der Waals surface area contributed by atoms with E-state index < -0.39 is 6.04 Å². The average Bonchev–Trinajstić information content (AvgIpc) is 2.53. The van der Waals surface area contributed by atoms with Gasteiger partial charge in [-0.25, -0.2) is 0 Å². The van der Waals surface area contributed by atoms with Crippen molar-refractivity contribution < 1.29 is 14.3 Å². The number of ether oxygens (including phenoxy) is 2. The average molecular weight is 329 g/mol. The third-order valence-corrected chi connectivity index (χ3v) is 3.65. The number of nitrogens with one attached hydrogen (secondary N) is 1. The summed E-state index contributed by atoms with van der Waals surface area (Å²) in [5, 5.41) is 2.87. The standard InChI is InChI=1S/C16H24N2O3.ClH/c1-2-8-21-14-5-3-4-13(11-14)18-16(19)15(17)12-6-9-20-10-7-12;/h3-5,11-12,15H,2,6-10,17H2,1H3,(H,18,19);1H. The topological polar surface area (TPSA) is 73.6 Å². The smallest absolute Gasteiger partial charge is 0.241 e. The highest BCUT2D eigenvalue weighted by Gasteiger charge is 2.26. The van der Waals surface area contributed by atoms with Crippen molar-refractivity contribution in [1.82, 2.24) is 0 Å². The quantitative estimate of drug-likeness (QED) is 0.841. The molecule has 0 spiro atoms. The molecular weight excluding hydrogens is 304 g/mol. The van der Waals surface area contributed by atoms with Crippen molar-refractivity contribution in [1.29, 1.82) is 0 Å². The Kier molecular flexibility index (Phi) is 8.24. The lowest BCUT2D eigenvalue weighted by atomic mass is 9.92. The molecule has 3 N–H and O–H groups in total. The third-order valence-electron chi connectivity index (χ3n) is 3.65. The number of carbonyl (C=O) groups excluding carboxylic acids is 1. The molecule has 1 aliphatic rings. The Morgan fingerprint density at radius 1 is 1.45 bits per heavy atom. The Labute approximate surface area is 138 Å². The summed E-state index contributed by atoms with van der Waals surface area (Å²) in [6, 6.07) is 6.91. The lowest BCUT2D eigenvalue weighted by Gasteiger charge is -2.26. The van der Waals surface area contributed by atoms with Gasteiger partial charge in [-0.05, 0) is 37.3 Å². The Morgan fingerprint density at radius 2 is 2.18 bits per heavy atom. The minimum absolute atomic E-state index is 0. The molecule has 22 heavy (non-hydrogen) atoms. The number of halogens is 1. The van der Waals surface area contributed by atoms with Crippen LogP contribution in [0.25, 0.3) is 0 Å². The van der Waals surface area contributed by atoms with Gasteiger partial charge in [0.25, 0.3) is 0 Å². The van der Waals surface area contributed by atoms with Crippen molar-refractivity contribution >= 4 is 24.0 Å². The molecule has 1 amide bonds. The molecule has 124 valence electrons. The van der Waals surface area contributed by atoms with Gasteiger partial charge in [-0.2, -0.15) is 0 Å². The highest BCUT2D eigenvalue weighted by Crippen LogP contribution is 2.21. The second-order valence-corrected chi connectivity index (χ2v) is 5.34. The monoisotopic (exact) mass is 328 g/mol. The van der Waals surface area contributed by atoms with Gasteiger partial charge < -0.3 is 20.5 Å². The van der Waals surface area contributed by atoms with Crippen molar-refractivity contribution in [3.8, 4) is 5.75 Å². The summed E-state index contributed by atoms with van der Waals surface area (Å²) in [7, 11) is 0. The van der Waals surface area contributed by atoms with E-state index >= 15 is 0 Å². The molecule has 0 aliphatic carbocycles. The number of anilines is 1. The van der Waals surface area contributed by atoms with Crippen molar-refractivity contribution in [2.75, 3.05) is 25.1 Å². The normalized spacial score (nSPS) is 16.5. The number of carbonyl (C=O) groups is 1. The van der Waals surface area contributed by atoms with Crippen molar-refractivity contribution in [2.24, 2.45) is 11.7 Å². The lowest BCUT2D eigenvalue weighted by molar-refractivity contribution is -0.119. The summed E-state index contributed by atoms with van der Waals surface area (Å²) in [6.45, 7) is 4.09. The van der Waals surface area contributed by atoms with Crippen LogP contribution in [0.15, 0.2) is 24.3 Å². The van der Waals surface area contributed by atoms with Crippen LogP contribution in [0.5, 0.6) is 5.75 Å². The van der Waals surface area contributed by atoms with Gasteiger partial charge in [0, 0.05) is 25.0 Å². The first-order chi connectivity index (χ1) is 10.2. The Hall–Kier alpha value is -1.30. The van der Waals surface area contributed by atoms with E-state index in [1.807, 2.05) is 24.3 Å². The molecule has 1 aromatic rings. The summed E-state index contributed by atoms with van der Waals surface area (Å²) < 4.78 is 10.9. The molecule has 6 heteroatoms. The minimum Gasteiger partial charge on any atom is -0.494 e. The molecule has 1 atom stereocenters. The largest absolute Gasteiger partial charge is 0.494 e. The van der Waals surface area contributed by atoms with Crippen LogP contribution in [0.2, 0.25) is 0 Å². The number of benzene rings is 1. The van der Waals surface area contributed by atoms with E-state index in [4.69, 9.17) is 15.2 Å². The van der Waals surface area contributed by atoms with E-state index in [2.05, 4.69) is 12.2 Å². The third kappa shape index (κ3) is 5.48. The molecular formula is C16H25ClN2O3. The van der Waals surface area contributed by atoms with E-state index in [0.717, 1.165) is 30.7 Å². The second-order valence-electron chi connectivity index (χ2n) is 5.34. The number of amides is 1. The molecule has 1 fully saturated rings. The maximum absolute atomic E-state index is 12.2. The highest BCUT2D eigenvalue weighted by atomic mass is 35.5. The molecule has 0 radical (unpaired) electrons. The molecule has 1 saturated heterocycles. The summed E-state index contributed by atoms with van der Waals surface area (Å²) in [5.74, 6) is 0.808. The molecule has 1 aromatic carbocycles. The second kappa shape index (κ2) is 9.66. The first kappa shape index (κ1) is 18.7. The Balaban J connectivity index is 0.00000242. The van der Waals surface area contributed by atoms with Gasteiger partial charge in [0.1, 0.15) is 5.75 Å². The molecule has 0 aromatic heterocycles. The molecule has 0 saturated carbocycles.